The molecule has 0 saturated carbocycles. The molecule has 0 atom stereocenters. The summed E-state index contributed by atoms with van der Waals surface area (Å²) in [7, 11) is 0. The van der Waals surface area contributed by atoms with Crippen LogP contribution in [0.4, 0.5) is 4.39 Å². The van der Waals surface area contributed by atoms with Crippen LogP contribution in [-0.2, 0) is 13.0 Å². The minimum Gasteiger partial charge on any atom is -0.320 e. The molecule has 1 aliphatic heterocycles. The van der Waals surface area contributed by atoms with Crippen molar-refractivity contribution in [3.05, 3.63) is 65.1 Å². The second kappa shape index (κ2) is 7.04. The number of hydrogen-bond donors (Lipinski definition) is 0. The van der Waals surface area contributed by atoms with Crippen LogP contribution in [0.1, 0.15) is 29.3 Å². The van der Waals surface area contributed by atoms with Crippen molar-refractivity contribution < 1.29 is 4.39 Å². The van der Waals surface area contributed by atoms with Gasteiger partial charge in [0, 0.05) is 55.7 Å². The lowest BCUT2D eigenvalue weighted by Crippen LogP contribution is -2.32. The van der Waals surface area contributed by atoms with Gasteiger partial charge >= 0.3 is 0 Å². The van der Waals surface area contributed by atoms with E-state index in [1.165, 1.54) is 38.9 Å². The Balaban J connectivity index is 1.85. The van der Waals surface area contributed by atoms with Crippen LogP contribution in [0.15, 0.2) is 42.7 Å². The van der Waals surface area contributed by atoms with Crippen LogP contribution in [0.3, 0.4) is 0 Å². The molecule has 0 spiro atoms. The number of aromatic nitrogens is 2. The van der Waals surface area contributed by atoms with Crippen LogP contribution in [0.5, 0.6) is 0 Å². The second-order valence-electron chi connectivity index (χ2n) is 7.08. The van der Waals surface area contributed by atoms with Crippen molar-refractivity contribution in [2.45, 2.75) is 26.8 Å². The van der Waals surface area contributed by atoms with Gasteiger partial charge in [-0.25, -0.2) is 4.39 Å². The molecule has 0 radical (unpaired) electrons. The van der Waals surface area contributed by atoms with Crippen molar-refractivity contribution in [2.75, 3.05) is 19.8 Å². The van der Waals surface area contributed by atoms with Gasteiger partial charge in [-0.15, -0.1) is 0 Å². The summed E-state index contributed by atoms with van der Waals surface area (Å²) in [4.78, 5) is 6.33. The highest BCUT2D eigenvalue weighted by molar-refractivity contribution is 5.90. The quantitative estimate of drug-likeness (QED) is 0.681. The zero-order valence-electron chi connectivity index (χ0n) is 15.4. The van der Waals surface area contributed by atoms with E-state index in [0.717, 1.165) is 19.5 Å². The molecule has 3 heterocycles. The topological polar surface area (TPSA) is 21.1 Å². The largest absolute Gasteiger partial charge is 0.320 e. The van der Waals surface area contributed by atoms with E-state index in [0.29, 0.717) is 6.54 Å². The van der Waals surface area contributed by atoms with Crippen LogP contribution in [-0.4, -0.2) is 34.2 Å². The summed E-state index contributed by atoms with van der Waals surface area (Å²) in [5, 5.41) is 1.29. The van der Waals surface area contributed by atoms with Crippen molar-refractivity contribution in [2.24, 2.45) is 0 Å². The molecule has 2 aromatic heterocycles. The molecule has 0 bridgehead atoms. The first-order valence-electron chi connectivity index (χ1n) is 9.17. The summed E-state index contributed by atoms with van der Waals surface area (Å²) in [6, 6.07) is 10.7. The van der Waals surface area contributed by atoms with Gasteiger partial charge in [-0.05, 0) is 54.8 Å². The van der Waals surface area contributed by atoms with E-state index in [9.17, 15) is 4.39 Å². The van der Waals surface area contributed by atoms with Crippen molar-refractivity contribution >= 4 is 22.7 Å². The molecule has 3 nitrogen and oxygen atoms in total. The van der Waals surface area contributed by atoms with E-state index >= 15 is 0 Å². The Labute approximate surface area is 153 Å². The lowest BCUT2D eigenvalue weighted by Gasteiger charge is -2.26. The van der Waals surface area contributed by atoms with Crippen LogP contribution in [0.2, 0.25) is 0 Å². The van der Waals surface area contributed by atoms with Gasteiger partial charge in [0.1, 0.15) is 6.67 Å². The van der Waals surface area contributed by atoms with Crippen molar-refractivity contribution in [1.82, 2.24) is 14.5 Å². The van der Waals surface area contributed by atoms with Gasteiger partial charge in [-0.1, -0.05) is 11.6 Å². The van der Waals surface area contributed by atoms with Gasteiger partial charge in [0.05, 0.1) is 5.52 Å². The van der Waals surface area contributed by atoms with Gasteiger partial charge in [0.25, 0.3) is 0 Å². The highest BCUT2D eigenvalue weighted by Crippen LogP contribution is 2.33. The summed E-state index contributed by atoms with van der Waals surface area (Å²) < 4.78 is 15.2. The molecule has 134 valence electrons. The van der Waals surface area contributed by atoms with Crippen molar-refractivity contribution in [3.63, 3.8) is 0 Å². The van der Waals surface area contributed by atoms with E-state index in [-0.39, 0.29) is 6.67 Å². The van der Waals surface area contributed by atoms with E-state index < -0.39 is 0 Å². The van der Waals surface area contributed by atoms with Crippen LogP contribution < -0.4 is 0 Å². The third kappa shape index (κ3) is 3.06. The number of pyridine rings is 1. The van der Waals surface area contributed by atoms with E-state index in [2.05, 4.69) is 52.7 Å². The molecular weight excluding hydrogens is 325 g/mol. The first-order valence-corrected chi connectivity index (χ1v) is 9.17. The Kier molecular flexibility index (Phi) is 4.60. The maximum Gasteiger partial charge on any atom is 0.102 e. The van der Waals surface area contributed by atoms with Gasteiger partial charge in [-0.2, -0.15) is 0 Å². The average Bonchev–Trinajstić information content (AvgIpc) is 2.95. The summed E-state index contributed by atoms with van der Waals surface area (Å²) in [5.41, 5.74) is 7.58. The maximum atomic E-state index is 12.8. The standard InChI is InChI=1S/C22H24FN3/c1-16-3-4-21-19(13-16)20-15-25(12-8-23)11-7-22(20)26(21)14-17(2)18-5-9-24-10-6-18/h3-6,9-10,13-14H,7-8,11-12,15H2,1-2H3. The smallest absolute Gasteiger partial charge is 0.102 e. The number of alkyl halides is 1. The van der Waals surface area contributed by atoms with Crippen LogP contribution in [0, 0.1) is 6.92 Å². The highest BCUT2D eigenvalue weighted by Gasteiger charge is 2.23. The van der Waals surface area contributed by atoms with Gasteiger partial charge in [-0.3, -0.25) is 9.88 Å². The fourth-order valence-corrected chi connectivity index (χ4v) is 3.90. The van der Waals surface area contributed by atoms with Crippen LogP contribution >= 0.6 is 0 Å². The first-order chi connectivity index (χ1) is 12.7. The molecule has 4 heteroatoms. The molecule has 0 fully saturated rings. The molecule has 1 aliphatic rings. The number of nitrogens with zero attached hydrogens (tertiary/aromatic N) is 3. The zero-order valence-corrected chi connectivity index (χ0v) is 15.4. The monoisotopic (exact) mass is 349 g/mol. The van der Waals surface area contributed by atoms with Crippen LogP contribution in [0.25, 0.3) is 22.7 Å². The number of aryl methyl sites for hydroxylation is 1. The lowest BCUT2D eigenvalue weighted by molar-refractivity contribution is 0.230. The average molecular weight is 349 g/mol. The molecule has 0 aliphatic carbocycles. The Hall–Kier alpha value is -2.46. The summed E-state index contributed by atoms with van der Waals surface area (Å²) in [5.74, 6) is 0. The molecule has 1 aromatic carbocycles. The summed E-state index contributed by atoms with van der Waals surface area (Å²) >= 11 is 0. The fraction of sp³-hybridized carbons (Fsp3) is 0.318. The second-order valence-corrected chi connectivity index (χ2v) is 7.08. The Bertz CT molecular complexity index is 956. The highest BCUT2D eigenvalue weighted by atomic mass is 19.1. The molecule has 0 N–H and O–H groups in total. The molecule has 0 amide bonds. The fourth-order valence-electron chi connectivity index (χ4n) is 3.90. The summed E-state index contributed by atoms with van der Waals surface area (Å²) in [6.45, 7) is 6.24. The van der Waals surface area contributed by atoms with Crippen molar-refractivity contribution in [3.8, 4) is 0 Å². The third-order valence-corrected chi connectivity index (χ3v) is 5.28. The first kappa shape index (κ1) is 17.0. The van der Waals surface area contributed by atoms with E-state index in [4.69, 9.17) is 0 Å². The Morgan fingerprint density at radius 3 is 2.81 bits per heavy atom. The van der Waals surface area contributed by atoms with E-state index in [1.807, 2.05) is 24.5 Å². The van der Waals surface area contributed by atoms with Crippen molar-refractivity contribution in [1.29, 1.82) is 0 Å². The minimum absolute atomic E-state index is 0.284. The Morgan fingerprint density at radius 2 is 2.04 bits per heavy atom. The SMILES string of the molecule is CC(=Cn1c2c(c3cc(C)ccc31)CN(CCF)CC2)c1ccncc1. The maximum absolute atomic E-state index is 12.8. The summed E-state index contributed by atoms with van der Waals surface area (Å²) in [6.07, 6.45) is 6.84. The van der Waals surface area contributed by atoms with E-state index in [1.54, 1.807) is 0 Å². The predicted octanol–water partition coefficient (Wildman–Crippen LogP) is 4.69. The van der Waals surface area contributed by atoms with Gasteiger partial charge in [0.15, 0.2) is 0 Å². The molecular formula is C22H24FN3. The third-order valence-electron chi connectivity index (χ3n) is 5.28. The molecule has 0 saturated heterocycles. The van der Waals surface area contributed by atoms with Gasteiger partial charge < -0.3 is 4.57 Å². The normalized spacial score (nSPS) is 15.4. The minimum atomic E-state index is -0.284. The van der Waals surface area contributed by atoms with Gasteiger partial charge in [0.2, 0.25) is 0 Å². The number of halogens is 1. The number of hydrogen-bond acceptors (Lipinski definition) is 2. The molecule has 4 rings (SSSR count). The number of rotatable bonds is 4. The number of fused-ring (bicyclic) bond motifs is 3. The lowest BCUT2D eigenvalue weighted by atomic mass is 10.0. The molecule has 26 heavy (non-hydrogen) atoms. The zero-order chi connectivity index (χ0) is 18.1. The number of benzene rings is 1. The number of allylic oxidation sites excluding steroid dienone is 1. The Morgan fingerprint density at radius 1 is 1.23 bits per heavy atom. The molecule has 0 unspecified atom stereocenters. The predicted molar refractivity (Wildman–Crippen MR) is 106 cm³/mol. The molecule has 3 aromatic rings.